The van der Waals surface area contributed by atoms with Crippen molar-refractivity contribution in [3.05, 3.63) is 39.3 Å². The number of cyclic esters (lactones) is 1. The number of esters is 2. The minimum atomic E-state index is -0.738. The van der Waals surface area contributed by atoms with Crippen molar-refractivity contribution in [1.29, 1.82) is 0 Å². The van der Waals surface area contributed by atoms with Gasteiger partial charge in [0.25, 0.3) is 0 Å². The van der Waals surface area contributed by atoms with Gasteiger partial charge in [-0.25, -0.2) is 9.59 Å². The molecule has 0 bridgehead atoms. The molecule has 0 radical (unpaired) electrons. The van der Waals surface area contributed by atoms with Crippen LogP contribution in [0.15, 0.2) is 12.1 Å². The summed E-state index contributed by atoms with van der Waals surface area (Å²) in [5, 5.41) is 3.73. The molecule has 7 nitrogen and oxygen atoms in total. The Morgan fingerprint density at radius 3 is 2.54 bits per heavy atom. The third kappa shape index (κ3) is 2.76. The van der Waals surface area contributed by atoms with E-state index in [9.17, 15) is 9.59 Å². The number of carbonyl (C=O) groups is 2. The number of methoxy groups -OCH3 is 3. The maximum absolute atomic E-state index is 12.4. The number of rotatable bonds is 5. The summed E-state index contributed by atoms with van der Waals surface area (Å²) in [5.41, 5.74) is 2.21. The van der Waals surface area contributed by atoms with Gasteiger partial charge in [0.1, 0.15) is 10.6 Å². The lowest BCUT2D eigenvalue weighted by molar-refractivity contribution is 0.0435. The van der Waals surface area contributed by atoms with Crippen LogP contribution in [0.25, 0.3) is 0 Å². The SMILES string of the molecule is COC(=O)c1c(N[C@@H]2OC(=O)c3c2ccc(OC)c3OC)sc(C)c1C. The molecular weight excluding hydrogens is 358 g/mol. The number of fused-ring (bicyclic) bond motifs is 1. The molecule has 1 aliphatic heterocycles. The van der Waals surface area contributed by atoms with E-state index >= 15 is 0 Å². The zero-order chi connectivity index (χ0) is 19.0. The largest absolute Gasteiger partial charge is 0.493 e. The van der Waals surface area contributed by atoms with Crippen LogP contribution in [0.4, 0.5) is 5.00 Å². The maximum Gasteiger partial charge on any atom is 0.344 e. The van der Waals surface area contributed by atoms with Crippen LogP contribution >= 0.6 is 11.3 Å². The summed E-state index contributed by atoms with van der Waals surface area (Å²) in [7, 11) is 4.30. The van der Waals surface area contributed by atoms with Crippen LogP contribution in [0.5, 0.6) is 11.5 Å². The maximum atomic E-state index is 12.4. The topological polar surface area (TPSA) is 83.1 Å². The first-order chi connectivity index (χ1) is 12.4. The van der Waals surface area contributed by atoms with Crippen molar-refractivity contribution in [2.75, 3.05) is 26.6 Å². The first kappa shape index (κ1) is 18.1. The predicted octanol–water partition coefficient (Wildman–Crippen LogP) is 3.45. The highest BCUT2D eigenvalue weighted by Gasteiger charge is 2.37. The minimum Gasteiger partial charge on any atom is -0.493 e. The molecule has 0 saturated heterocycles. The van der Waals surface area contributed by atoms with Crippen LogP contribution in [-0.4, -0.2) is 33.3 Å². The van der Waals surface area contributed by atoms with Gasteiger partial charge in [-0.3, -0.25) is 0 Å². The molecule has 1 N–H and O–H groups in total. The van der Waals surface area contributed by atoms with Crippen molar-refractivity contribution in [2.24, 2.45) is 0 Å². The average Bonchev–Trinajstić information content (AvgIpc) is 3.10. The van der Waals surface area contributed by atoms with Crippen LogP contribution in [0.1, 0.15) is 42.9 Å². The lowest BCUT2D eigenvalue weighted by Crippen LogP contribution is -2.13. The van der Waals surface area contributed by atoms with Gasteiger partial charge in [0.15, 0.2) is 11.5 Å². The highest BCUT2D eigenvalue weighted by molar-refractivity contribution is 7.16. The van der Waals surface area contributed by atoms with E-state index in [-0.39, 0.29) is 0 Å². The molecule has 138 valence electrons. The molecule has 1 aromatic heterocycles. The highest BCUT2D eigenvalue weighted by atomic mass is 32.1. The van der Waals surface area contributed by atoms with Crippen LogP contribution in [0.2, 0.25) is 0 Å². The molecule has 0 fully saturated rings. The molecule has 0 aliphatic carbocycles. The van der Waals surface area contributed by atoms with E-state index < -0.39 is 18.2 Å². The van der Waals surface area contributed by atoms with E-state index in [1.165, 1.54) is 32.7 Å². The quantitative estimate of drug-likeness (QED) is 0.799. The summed E-state index contributed by atoms with van der Waals surface area (Å²) in [5.74, 6) is -0.183. The van der Waals surface area contributed by atoms with Gasteiger partial charge in [-0.05, 0) is 31.5 Å². The number of hydrogen-bond donors (Lipinski definition) is 1. The Morgan fingerprint density at radius 1 is 1.19 bits per heavy atom. The average molecular weight is 377 g/mol. The van der Waals surface area contributed by atoms with Gasteiger partial charge in [0, 0.05) is 10.4 Å². The van der Waals surface area contributed by atoms with Crippen molar-refractivity contribution in [1.82, 2.24) is 0 Å². The van der Waals surface area contributed by atoms with Crippen molar-refractivity contribution >= 4 is 28.3 Å². The van der Waals surface area contributed by atoms with Gasteiger partial charge in [0.2, 0.25) is 6.23 Å². The Kier molecular flexibility index (Phi) is 4.78. The molecule has 26 heavy (non-hydrogen) atoms. The monoisotopic (exact) mass is 377 g/mol. The fourth-order valence-corrected chi connectivity index (χ4v) is 3.97. The van der Waals surface area contributed by atoms with E-state index in [0.29, 0.717) is 33.2 Å². The minimum absolute atomic E-state index is 0.314. The molecule has 0 amide bonds. The third-order valence-electron chi connectivity index (χ3n) is 4.33. The van der Waals surface area contributed by atoms with Gasteiger partial charge in [0.05, 0.1) is 26.9 Å². The second-order valence-corrected chi connectivity index (χ2v) is 6.90. The fraction of sp³-hybridized carbons (Fsp3) is 0.333. The summed E-state index contributed by atoms with van der Waals surface area (Å²) in [6.07, 6.45) is -0.738. The van der Waals surface area contributed by atoms with Gasteiger partial charge in [-0.15, -0.1) is 11.3 Å². The van der Waals surface area contributed by atoms with Crippen LogP contribution in [-0.2, 0) is 9.47 Å². The van der Waals surface area contributed by atoms with Gasteiger partial charge in [-0.1, -0.05) is 0 Å². The normalized spacial score (nSPS) is 15.3. The zero-order valence-electron chi connectivity index (χ0n) is 15.1. The van der Waals surface area contributed by atoms with Crippen molar-refractivity contribution in [3.8, 4) is 11.5 Å². The highest BCUT2D eigenvalue weighted by Crippen LogP contribution is 2.43. The third-order valence-corrected chi connectivity index (χ3v) is 5.46. The molecule has 0 saturated carbocycles. The summed E-state index contributed by atoms with van der Waals surface area (Å²) < 4.78 is 20.9. The molecule has 1 aromatic carbocycles. The van der Waals surface area contributed by atoms with Gasteiger partial charge < -0.3 is 24.3 Å². The van der Waals surface area contributed by atoms with Crippen molar-refractivity contribution in [2.45, 2.75) is 20.1 Å². The number of hydrogen-bond acceptors (Lipinski definition) is 8. The van der Waals surface area contributed by atoms with E-state index in [4.69, 9.17) is 18.9 Å². The second kappa shape index (κ2) is 6.87. The van der Waals surface area contributed by atoms with Gasteiger partial charge in [-0.2, -0.15) is 0 Å². The molecule has 2 heterocycles. The molecule has 1 aliphatic rings. The molecule has 3 rings (SSSR count). The molecule has 0 spiro atoms. The number of nitrogens with one attached hydrogen (secondary N) is 1. The number of benzene rings is 1. The molecule has 0 unspecified atom stereocenters. The zero-order valence-corrected chi connectivity index (χ0v) is 15.9. The Morgan fingerprint density at radius 2 is 1.92 bits per heavy atom. The Bertz CT molecular complexity index is 888. The first-order valence-corrected chi connectivity index (χ1v) is 8.65. The number of carbonyl (C=O) groups excluding carboxylic acids is 2. The van der Waals surface area contributed by atoms with Crippen molar-refractivity contribution < 1.29 is 28.5 Å². The lowest BCUT2D eigenvalue weighted by Gasteiger charge is -2.15. The van der Waals surface area contributed by atoms with Crippen LogP contribution < -0.4 is 14.8 Å². The number of anilines is 1. The summed E-state index contributed by atoms with van der Waals surface area (Å²) >= 11 is 1.41. The van der Waals surface area contributed by atoms with E-state index in [1.807, 2.05) is 13.8 Å². The molecule has 1 atom stereocenters. The Balaban J connectivity index is 2.02. The second-order valence-electron chi connectivity index (χ2n) is 5.67. The summed E-state index contributed by atoms with van der Waals surface area (Å²) in [6, 6.07) is 3.45. The lowest BCUT2D eigenvalue weighted by atomic mass is 10.1. The van der Waals surface area contributed by atoms with Crippen molar-refractivity contribution in [3.63, 3.8) is 0 Å². The fourth-order valence-electron chi connectivity index (χ4n) is 2.90. The number of ether oxygens (including phenoxy) is 4. The molecular formula is C18H19NO6S. The van der Waals surface area contributed by atoms with Crippen LogP contribution in [0.3, 0.4) is 0 Å². The van der Waals surface area contributed by atoms with E-state index in [1.54, 1.807) is 12.1 Å². The predicted molar refractivity (Wildman–Crippen MR) is 96.5 cm³/mol. The number of thiophene rings is 1. The Hall–Kier alpha value is -2.74. The first-order valence-electron chi connectivity index (χ1n) is 7.83. The smallest absolute Gasteiger partial charge is 0.344 e. The van der Waals surface area contributed by atoms with E-state index in [2.05, 4.69) is 5.32 Å². The van der Waals surface area contributed by atoms with E-state index in [0.717, 1.165) is 10.4 Å². The molecule has 2 aromatic rings. The molecule has 8 heteroatoms. The van der Waals surface area contributed by atoms with Gasteiger partial charge >= 0.3 is 11.9 Å². The summed E-state index contributed by atoms with van der Waals surface area (Å²) in [4.78, 5) is 25.5. The summed E-state index contributed by atoms with van der Waals surface area (Å²) in [6.45, 7) is 3.77. The Labute approximate surface area is 154 Å². The standard InChI is InChI=1S/C18H19NO6S/c1-8-9(2)26-16(12(8)17(20)24-5)19-15-10-6-7-11(22-3)14(23-4)13(10)18(21)25-15/h6-7,15,19H,1-5H3/t15-/m1/s1. The van der Waals surface area contributed by atoms with Crippen LogP contribution in [0, 0.1) is 13.8 Å². The number of aryl methyl sites for hydroxylation is 1.